The topological polar surface area (TPSA) is 86.2 Å². The molecule has 1 atom stereocenters. The molecule has 1 unspecified atom stereocenters. The first-order chi connectivity index (χ1) is 14.3. The van der Waals surface area contributed by atoms with E-state index in [9.17, 15) is 4.79 Å². The zero-order chi connectivity index (χ0) is 19.9. The van der Waals surface area contributed by atoms with Crippen LogP contribution in [0.25, 0.3) is 11.4 Å². The number of benzene rings is 1. The summed E-state index contributed by atoms with van der Waals surface area (Å²) in [6, 6.07) is 11.0. The third-order valence-electron chi connectivity index (χ3n) is 4.66. The summed E-state index contributed by atoms with van der Waals surface area (Å²) in [5, 5.41) is 2.84. The van der Waals surface area contributed by atoms with Crippen molar-refractivity contribution in [2.75, 3.05) is 18.5 Å². The molecular formula is C22H22N4O3. The number of ether oxygens (including phenoxy) is 2. The first-order valence-electron chi connectivity index (χ1n) is 9.66. The molecule has 0 aliphatic carbocycles. The zero-order valence-corrected chi connectivity index (χ0v) is 16.0. The lowest BCUT2D eigenvalue weighted by Gasteiger charge is -2.22. The van der Waals surface area contributed by atoms with Gasteiger partial charge in [0, 0.05) is 42.6 Å². The predicted molar refractivity (Wildman–Crippen MR) is 109 cm³/mol. The van der Waals surface area contributed by atoms with Crippen LogP contribution in [-0.4, -0.2) is 40.2 Å². The molecule has 7 heteroatoms. The summed E-state index contributed by atoms with van der Waals surface area (Å²) < 4.78 is 11.4. The van der Waals surface area contributed by atoms with Crippen molar-refractivity contribution in [3.8, 4) is 17.1 Å². The van der Waals surface area contributed by atoms with Crippen molar-refractivity contribution in [3.05, 3.63) is 66.7 Å². The molecule has 1 aromatic carbocycles. The van der Waals surface area contributed by atoms with Crippen LogP contribution in [0.5, 0.6) is 5.75 Å². The third kappa shape index (κ3) is 5.14. The van der Waals surface area contributed by atoms with Gasteiger partial charge in [0.15, 0.2) is 5.82 Å². The molecule has 1 aliphatic heterocycles. The minimum Gasteiger partial charge on any atom is -0.491 e. The zero-order valence-electron chi connectivity index (χ0n) is 16.0. The molecule has 0 radical (unpaired) electrons. The molecule has 1 saturated heterocycles. The summed E-state index contributed by atoms with van der Waals surface area (Å²) in [6.07, 6.45) is 9.89. The molecule has 148 valence electrons. The SMILES string of the molecule is O=C(Nc1ccc(OCC2CCCCO2)cc1)c1cnc(-c2cccnc2)nc1. The molecular weight excluding hydrogens is 368 g/mol. The van der Waals surface area contributed by atoms with Gasteiger partial charge in [-0.25, -0.2) is 9.97 Å². The Morgan fingerprint density at radius 2 is 1.93 bits per heavy atom. The fourth-order valence-electron chi connectivity index (χ4n) is 3.06. The molecule has 3 heterocycles. The monoisotopic (exact) mass is 390 g/mol. The Labute approximate surface area is 169 Å². The number of pyridine rings is 1. The molecule has 29 heavy (non-hydrogen) atoms. The molecule has 1 fully saturated rings. The first-order valence-corrected chi connectivity index (χ1v) is 9.66. The second-order valence-corrected chi connectivity index (χ2v) is 6.82. The number of aromatic nitrogens is 3. The number of amides is 1. The van der Waals surface area contributed by atoms with E-state index in [0.717, 1.165) is 30.8 Å². The standard InChI is InChI=1S/C22H22N4O3/c27-22(17-13-24-21(25-14-17)16-4-3-10-23-12-16)26-18-6-8-19(9-7-18)29-15-20-5-1-2-11-28-20/h3-4,6-10,12-14,20H,1-2,5,11,15H2,(H,26,27). The van der Waals surface area contributed by atoms with E-state index in [1.54, 1.807) is 24.5 Å². The van der Waals surface area contributed by atoms with Crippen molar-refractivity contribution in [3.63, 3.8) is 0 Å². The molecule has 0 saturated carbocycles. The van der Waals surface area contributed by atoms with Crippen molar-refractivity contribution < 1.29 is 14.3 Å². The Balaban J connectivity index is 1.32. The van der Waals surface area contributed by atoms with Crippen LogP contribution in [0.15, 0.2) is 61.2 Å². The average Bonchev–Trinajstić information content (AvgIpc) is 2.80. The van der Waals surface area contributed by atoms with E-state index >= 15 is 0 Å². The summed E-state index contributed by atoms with van der Waals surface area (Å²) in [5.74, 6) is 1.01. The molecule has 0 bridgehead atoms. The number of rotatable bonds is 6. The lowest BCUT2D eigenvalue weighted by molar-refractivity contribution is -0.0110. The van der Waals surface area contributed by atoms with E-state index in [-0.39, 0.29) is 12.0 Å². The van der Waals surface area contributed by atoms with E-state index in [4.69, 9.17) is 9.47 Å². The van der Waals surface area contributed by atoms with Crippen LogP contribution >= 0.6 is 0 Å². The van der Waals surface area contributed by atoms with E-state index in [0.29, 0.717) is 23.7 Å². The molecule has 0 spiro atoms. The molecule has 1 aliphatic rings. The molecule has 3 aromatic rings. The van der Waals surface area contributed by atoms with Gasteiger partial charge in [-0.1, -0.05) is 0 Å². The van der Waals surface area contributed by atoms with Gasteiger partial charge in [-0.15, -0.1) is 0 Å². The lowest BCUT2D eigenvalue weighted by atomic mass is 10.1. The van der Waals surface area contributed by atoms with Gasteiger partial charge in [-0.05, 0) is 55.7 Å². The molecule has 4 rings (SSSR count). The van der Waals surface area contributed by atoms with Crippen LogP contribution in [-0.2, 0) is 4.74 Å². The number of anilines is 1. The van der Waals surface area contributed by atoms with Gasteiger partial charge in [-0.2, -0.15) is 0 Å². The highest BCUT2D eigenvalue weighted by Crippen LogP contribution is 2.19. The van der Waals surface area contributed by atoms with E-state index < -0.39 is 0 Å². The van der Waals surface area contributed by atoms with Crippen LogP contribution in [0, 0.1) is 0 Å². The summed E-state index contributed by atoms with van der Waals surface area (Å²) in [6.45, 7) is 1.36. The van der Waals surface area contributed by atoms with Crippen LogP contribution in [0.3, 0.4) is 0 Å². The van der Waals surface area contributed by atoms with Gasteiger partial charge in [0.25, 0.3) is 5.91 Å². The average molecular weight is 390 g/mol. The predicted octanol–water partition coefficient (Wildman–Crippen LogP) is 3.74. The Morgan fingerprint density at radius 3 is 2.62 bits per heavy atom. The number of hydrogen-bond acceptors (Lipinski definition) is 6. The summed E-state index contributed by atoms with van der Waals surface area (Å²) >= 11 is 0. The minimum atomic E-state index is -0.271. The molecule has 7 nitrogen and oxygen atoms in total. The fourth-order valence-corrected chi connectivity index (χ4v) is 3.06. The van der Waals surface area contributed by atoms with Crippen molar-refractivity contribution in [2.24, 2.45) is 0 Å². The number of carbonyl (C=O) groups is 1. The van der Waals surface area contributed by atoms with Crippen LogP contribution in [0.1, 0.15) is 29.6 Å². The third-order valence-corrected chi connectivity index (χ3v) is 4.66. The highest BCUT2D eigenvalue weighted by Gasteiger charge is 2.14. The van der Waals surface area contributed by atoms with Gasteiger partial charge in [0.1, 0.15) is 12.4 Å². The van der Waals surface area contributed by atoms with Crippen LogP contribution in [0.2, 0.25) is 0 Å². The fraction of sp³-hybridized carbons (Fsp3) is 0.273. The summed E-state index contributed by atoms with van der Waals surface area (Å²) in [5.41, 5.74) is 1.86. The Hall–Kier alpha value is -3.32. The number of hydrogen-bond donors (Lipinski definition) is 1. The lowest BCUT2D eigenvalue weighted by Crippen LogP contribution is -2.25. The van der Waals surface area contributed by atoms with Gasteiger partial charge in [0.05, 0.1) is 11.7 Å². The van der Waals surface area contributed by atoms with Gasteiger partial charge >= 0.3 is 0 Å². The Morgan fingerprint density at radius 1 is 1.10 bits per heavy atom. The van der Waals surface area contributed by atoms with Gasteiger partial charge in [0.2, 0.25) is 0 Å². The summed E-state index contributed by atoms with van der Waals surface area (Å²) in [4.78, 5) is 25.0. The van der Waals surface area contributed by atoms with Crippen molar-refractivity contribution >= 4 is 11.6 Å². The highest BCUT2D eigenvalue weighted by atomic mass is 16.5. The van der Waals surface area contributed by atoms with Crippen molar-refractivity contribution in [2.45, 2.75) is 25.4 Å². The first kappa shape index (κ1) is 19.0. The molecule has 1 N–H and O–H groups in total. The highest BCUT2D eigenvalue weighted by molar-refractivity contribution is 6.03. The number of nitrogens with zero attached hydrogens (tertiary/aromatic N) is 3. The quantitative estimate of drug-likeness (QED) is 0.690. The van der Waals surface area contributed by atoms with E-state index in [1.165, 1.54) is 18.8 Å². The van der Waals surface area contributed by atoms with Gasteiger partial charge < -0.3 is 14.8 Å². The number of carbonyl (C=O) groups excluding carboxylic acids is 1. The second-order valence-electron chi connectivity index (χ2n) is 6.82. The maximum Gasteiger partial charge on any atom is 0.258 e. The summed E-state index contributed by atoms with van der Waals surface area (Å²) in [7, 11) is 0. The Bertz CT molecular complexity index is 925. The molecule has 1 amide bonds. The van der Waals surface area contributed by atoms with Crippen LogP contribution < -0.4 is 10.1 Å². The minimum absolute atomic E-state index is 0.165. The van der Waals surface area contributed by atoms with E-state index in [1.807, 2.05) is 24.3 Å². The number of nitrogens with one attached hydrogen (secondary N) is 1. The van der Waals surface area contributed by atoms with E-state index in [2.05, 4.69) is 20.3 Å². The Kier molecular flexibility index (Phi) is 6.07. The molecule has 2 aromatic heterocycles. The maximum atomic E-state index is 12.4. The normalized spacial score (nSPS) is 16.2. The van der Waals surface area contributed by atoms with Crippen LogP contribution in [0.4, 0.5) is 5.69 Å². The smallest absolute Gasteiger partial charge is 0.258 e. The maximum absolute atomic E-state index is 12.4. The van der Waals surface area contributed by atoms with Crippen molar-refractivity contribution in [1.29, 1.82) is 0 Å². The second kappa shape index (κ2) is 9.25. The largest absolute Gasteiger partial charge is 0.491 e. The van der Waals surface area contributed by atoms with Crippen molar-refractivity contribution in [1.82, 2.24) is 15.0 Å². The van der Waals surface area contributed by atoms with Gasteiger partial charge in [-0.3, -0.25) is 9.78 Å².